The maximum Gasteiger partial charge on any atom is 0.407 e. The van der Waals surface area contributed by atoms with Gasteiger partial charge in [-0.05, 0) is 55.4 Å². The molecule has 0 aromatic heterocycles. The van der Waals surface area contributed by atoms with Crippen LogP contribution in [-0.4, -0.2) is 62.0 Å². The van der Waals surface area contributed by atoms with Crippen LogP contribution in [-0.2, 0) is 23.7 Å². The number of aliphatic carboxylic acids is 1. The molecule has 2 N–H and O–H groups in total. The lowest BCUT2D eigenvalue weighted by Gasteiger charge is -2.26. The molecule has 0 radical (unpaired) electrons. The highest BCUT2D eigenvalue weighted by atomic mass is 16.7. The first-order chi connectivity index (χ1) is 16.9. The number of carboxylic acids is 1. The van der Waals surface area contributed by atoms with E-state index in [0.717, 1.165) is 41.5 Å². The number of alkyl carbamates (subject to hydrolysis) is 1. The summed E-state index contributed by atoms with van der Waals surface area (Å²) in [5.74, 6) is -1.39. The van der Waals surface area contributed by atoms with Crippen LogP contribution in [0.25, 0.3) is 5.57 Å². The van der Waals surface area contributed by atoms with Crippen LogP contribution in [0.3, 0.4) is 0 Å². The van der Waals surface area contributed by atoms with Crippen molar-refractivity contribution < 1.29 is 33.6 Å². The Labute approximate surface area is 206 Å². The lowest BCUT2D eigenvalue weighted by molar-refractivity contribution is -0.194. The highest BCUT2D eigenvalue weighted by molar-refractivity contribution is 5.86. The second kappa shape index (κ2) is 13.2. The van der Waals surface area contributed by atoms with E-state index in [1.54, 1.807) is 6.08 Å². The average molecular weight is 486 g/mol. The van der Waals surface area contributed by atoms with E-state index in [1.807, 2.05) is 50.3 Å². The maximum absolute atomic E-state index is 12.4. The fourth-order valence-corrected chi connectivity index (χ4v) is 4.33. The van der Waals surface area contributed by atoms with E-state index in [0.29, 0.717) is 6.61 Å². The van der Waals surface area contributed by atoms with Gasteiger partial charge in [0.25, 0.3) is 0 Å². The van der Waals surface area contributed by atoms with Crippen LogP contribution in [0, 0.1) is 0 Å². The third-order valence-corrected chi connectivity index (χ3v) is 6.00. The predicted molar refractivity (Wildman–Crippen MR) is 132 cm³/mol. The van der Waals surface area contributed by atoms with Gasteiger partial charge < -0.3 is 29.4 Å². The first kappa shape index (κ1) is 26.7. The van der Waals surface area contributed by atoms with E-state index in [9.17, 15) is 14.7 Å². The fourth-order valence-electron chi connectivity index (χ4n) is 4.33. The van der Waals surface area contributed by atoms with Crippen LogP contribution < -0.4 is 5.32 Å². The molecule has 2 aliphatic rings. The summed E-state index contributed by atoms with van der Waals surface area (Å²) < 4.78 is 22.2. The van der Waals surface area contributed by atoms with Crippen molar-refractivity contribution in [2.24, 2.45) is 0 Å². The van der Waals surface area contributed by atoms with Gasteiger partial charge in [-0.1, -0.05) is 49.1 Å². The van der Waals surface area contributed by atoms with Crippen molar-refractivity contribution >= 4 is 17.6 Å². The Bertz CT molecular complexity index is 949. The van der Waals surface area contributed by atoms with Crippen molar-refractivity contribution in [2.75, 3.05) is 26.4 Å². The third-order valence-electron chi connectivity index (χ3n) is 6.00. The van der Waals surface area contributed by atoms with Crippen LogP contribution in [0.4, 0.5) is 4.79 Å². The van der Waals surface area contributed by atoms with E-state index < -0.39 is 18.1 Å². The number of hydrogen-bond acceptors (Lipinski definition) is 6. The van der Waals surface area contributed by atoms with Crippen LogP contribution in [0.2, 0.25) is 0 Å². The van der Waals surface area contributed by atoms with E-state index in [4.69, 9.17) is 18.9 Å². The van der Waals surface area contributed by atoms with Gasteiger partial charge in [-0.15, -0.1) is 0 Å². The summed E-state index contributed by atoms with van der Waals surface area (Å²) >= 11 is 0. The minimum absolute atomic E-state index is 0.0602. The highest BCUT2D eigenvalue weighted by Crippen LogP contribution is 2.43. The summed E-state index contributed by atoms with van der Waals surface area (Å²) in [5, 5.41) is 11.9. The number of hydrogen-bond donors (Lipinski definition) is 2. The van der Waals surface area contributed by atoms with E-state index >= 15 is 0 Å². The van der Waals surface area contributed by atoms with Crippen molar-refractivity contribution in [1.29, 1.82) is 0 Å². The molecule has 8 heteroatoms. The molecular formula is C27H35NO7. The highest BCUT2D eigenvalue weighted by Gasteiger charge is 2.30. The number of benzene rings is 1. The van der Waals surface area contributed by atoms with Gasteiger partial charge in [0.2, 0.25) is 0 Å². The molecule has 4 atom stereocenters. The van der Waals surface area contributed by atoms with Crippen molar-refractivity contribution in [2.45, 2.75) is 57.5 Å². The topological polar surface area (TPSA) is 103 Å². The van der Waals surface area contributed by atoms with Gasteiger partial charge in [-0.3, -0.25) is 0 Å². The zero-order valence-corrected chi connectivity index (χ0v) is 20.4. The molecule has 0 spiro atoms. The van der Waals surface area contributed by atoms with Crippen LogP contribution in [0.5, 0.6) is 0 Å². The Morgan fingerprint density at radius 3 is 2.77 bits per heavy atom. The number of allylic oxidation sites excluding steroid dienone is 4. The van der Waals surface area contributed by atoms with Crippen LogP contribution in [0.15, 0.2) is 54.6 Å². The summed E-state index contributed by atoms with van der Waals surface area (Å²) in [6.45, 7) is 8.42. The molecule has 1 aromatic carbocycles. The number of carbonyl (C=O) groups excluding carboxylic acids is 1. The van der Waals surface area contributed by atoms with Crippen molar-refractivity contribution in [1.82, 2.24) is 5.32 Å². The molecule has 3 unspecified atom stereocenters. The summed E-state index contributed by atoms with van der Waals surface area (Å²) in [5.41, 5.74) is 4.11. The van der Waals surface area contributed by atoms with E-state index in [2.05, 4.69) is 11.9 Å². The molecule has 0 bridgehead atoms. The summed E-state index contributed by atoms with van der Waals surface area (Å²) in [4.78, 5) is 24.1. The van der Waals surface area contributed by atoms with Crippen LogP contribution >= 0.6 is 0 Å². The number of carboxylic acid groups (broad SMARTS) is 1. The third kappa shape index (κ3) is 7.27. The standard InChI is InChI=1S/C27H35NO7/c1-4-10-20-19(5-2)23(22-12-7-6-11-21(20)22)16-34-27(31)28-24(26(29)30)17-32-15-18(3)35-25-13-8-9-14-33-25/h4-7,10-12,18,23-25H,2,8-9,13-17H2,1,3H3,(H,28,31)(H,29,30)/b10-4-/t18?,23?,24-,25?/m0/s1. The number of fused-ring (bicyclic) bond motifs is 1. The molecule has 1 heterocycles. The predicted octanol–water partition coefficient (Wildman–Crippen LogP) is 4.43. The van der Waals surface area contributed by atoms with Gasteiger partial charge in [0, 0.05) is 12.5 Å². The lowest BCUT2D eigenvalue weighted by Crippen LogP contribution is -2.45. The summed E-state index contributed by atoms with van der Waals surface area (Å²) in [6, 6.07) is 6.68. The smallest absolute Gasteiger partial charge is 0.407 e. The monoisotopic (exact) mass is 485 g/mol. The van der Waals surface area contributed by atoms with Crippen molar-refractivity contribution in [3.8, 4) is 0 Å². The first-order valence-electron chi connectivity index (χ1n) is 12.0. The normalized spacial score (nSPS) is 21.4. The molecule has 1 aromatic rings. The largest absolute Gasteiger partial charge is 0.480 e. The SMILES string of the molecule is C=CC1=C(/C=C\C)c2ccccc2C1COC(=O)N[C@@H](COCC(C)OC1CCCCO1)C(=O)O. The van der Waals surface area contributed by atoms with Gasteiger partial charge >= 0.3 is 12.1 Å². The quantitative estimate of drug-likeness (QED) is 0.451. The number of amides is 1. The second-order valence-corrected chi connectivity index (χ2v) is 8.63. The molecule has 0 saturated carbocycles. The summed E-state index contributed by atoms with van der Waals surface area (Å²) in [7, 11) is 0. The Morgan fingerprint density at radius 2 is 2.09 bits per heavy atom. The molecule has 1 fully saturated rings. The fraction of sp³-hybridized carbons (Fsp3) is 0.481. The van der Waals surface area contributed by atoms with Crippen molar-refractivity contribution in [3.05, 3.63) is 65.8 Å². The Hall–Kier alpha value is -2.94. The zero-order valence-electron chi connectivity index (χ0n) is 20.4. The van der Waals surface area contributed by atoms with E-state index in [1.165, 1.54) is 0 Å². The van der Waals surface area contributed by atoms with Crippen LogP contribution in [0.1, 0.15) is 50.2 Å². The van der Waals surface area contributed by atoms with Gasteiger partial charge in [0.1, 0.15) is 6.61 Å². The number of nitrogens with one attached hydrogen (secondary N) is 1. The van der Waals surface area contributed by atoms with Gasteiger partial charge in [0.05, 0.1) is 19.3 Å². The molecule has 3 rings (SSSR count). The molecule has 190 valence electrons. The molecule has 1 amide bonds. The second-order valence-electron chi connectivity index (χ2n) is 8.63. The molecule has 8 nitrogen and oxygen atoms in total. The minimum atomic E-state index is -1.25. The maximum atomic E-state index is 12.4. The van der Waals surface area contributed by atoms with Gasteiger partial charge in [-0.2, -0.15) is 0 Å². The van der Waals surface area contributed by atoms with Gasteiger partial charge in [-0.25, -0.2) is 9.59 Å². The van der Waals surface area contributed by atoms with Gasteiger partial charge in [0.15, 0.2) is 12.3 Å². The number of ether oxygens (including phenoxy) is 4. The Morgan fingerprint density at radius 1 is 1.29 bits per heavy atom. The molecule has 35 heavy (non-hydrogen) atoms. The average Bonchev–Trinajstić information content (AvgIpc) is 3.15. The zero-order chi connectivity index (χ0) is 25.2. The number of carbonyl (C=O) groups is 2. The van der Waals surface area contributed by atoms with Crippen molar-refractivity contribution in [3.63, 3.8) is 0 Å². The Balaban J connectivity index is 1.50. The number of rotatable bonds is 12. The van der Waals surface area contributed by atoms with E-state index in [-0.39, 0.29) is 38.1 Å². The Kier molecular flexibility index (Phi) is 10.1. The lowest BCUT2D eigenvalue weighted by atomic mass is 9.97. The molecule has 1 saturated heterocycles. The molecule has 1 aliphatic carbocycles. The molecular weight excluding hydrogens is 450 g/mol. The summed E-state index contributed by atoms with van der Waals surface area (Å²) in [6.07, 6.45) is 7.32. The molecule has 1 aliphatic heterocycles. The first-order valence-corrected chi connectivity index (χ1v) is 12.0. The minimum Gasteiger partial charge on any atom is -0.480 e.